The van der Waals surface area contributed by atoms with Gasteiger partial charge >= 0.3 is 0 Å². The molecule has 0 fully saturated rings. The monoisotopic (exact) mass is 418 g/mol. The summed E-state index contributed by atoms with van der Waals surface area (Å²) in [5, 5.41) is 1.58. The number of thioether (sulfide) groups is 1. The van der Waals surface area contributed by atoms with Crippen molar-refractivity contribution in [1.82, 2.24) is 4.98 Å². The maximum Gasteiger partial charge on any atom is 0.132 e. The lowest BCUT2D eigenvalue weighted by atomic mass is 9.97. The zero-order valence-corrected chi connectivity index (χ0v) is 18.5. The maximum absolute atomic E-state index is 14.5. The molecule has 154 valence electrons. The Labute approximate surface area is 182 Å². The van der Waals surface area contributed by atoms with Crippen molar-refractivity contribution in [3.63, 3.8) is 0 Å². The first-order valence-electron chi connectivity index (χ1n) is 10.6. The van der Waals surface area contributed by atoms with Crippen molar-refractivity contribution >= 4 is 17.5 Å². The van der Waals surface area contributed by atoms with Crippen LogP contribution in [0.3, 0.4) is 0 Å². The molecule has 4 rings (SSSR count). The number of pyridine rings is 1. The molecule has 1 aromatic heterocycles. The molecule has 0 bridgehead atoms. The summed E-state index contributed by atoms with van der Waals surface area (Å²) in [5.74, 6) is -0.157. The highest BCUT2D eigenvalue weighted by molar-refractivity contribution is 7.99. The van der Waals surface area contributed by atoms with Gasteiger partial charge in [0.1, 0.15) is 5.82 Å². The number of aryl methyl sites for hydroxylation is 1. The molecule has 0 aliphatic carbocycles. The molecule has 2 heterocycles. The van der Waals surface area contributed by atoms with Crippen LogP contribution in [0, 0.1) is 5.82 Å². The third-order valence-electron chi connectivity index (χ3n) is 5.46. The summed E-state index contributed by atoms with van der Waals surface area (Å²) in [5.41, 5.74) is 6.10. The summed E-state index contributed by atoms with van der Waals surface area (Å²) in [6, 6.07) is 18.2. The van der Waals surface area contributed by atoms with Crippen LogP contribution < -0.4 is 0 Å². The molecule has 1 unspecified atom stereocenters. The largest absolute Gasteiger partial charge is 0.281 e. The minimum atomic E-state index is -0.157. The van der Waals surface area contributed by atoms with Crippen molar-refractivity contribution in [2.75, 3.05) is 0 Å². The minimum Gasteiger partial charge on any atom is -0.281 e. The smallest absolute Gasteiger partial charge is 0.132 e. The first kappa shape index (κ1) is 20.8. The third-order valence-corrected chi connectivity index (χ3v) is 6.41. The van der Waals surface area contributed by atoms with Gasteiger partial charge in [-0.3, -0.25) is 4.99 Å². The van der Waals surface area contributed by atoms with Gasteiger partial charge < -0.3 is 0 Å². The predicted octanol–water partition coefficient (Wildman–Crippen LogP) is 7.27. The number of hydrogen-bond acceptors (Lipinski definition) is 3. The predicted molar refractivity (Wildman–Crippen MR) is 125 cm³/mol. The lowest BCUT2D eigenvalue weighted by Gasteiger charge is -2.10. The molecule has 3 aromatic rings. The van der Waals surface area contributed by atoms with Gasteiger partial charge in [-0.15, -0.1) is 11.8 Å². The SMILES string of the molecule is CCc1cccc(F)c1C1=NC(c2ccc(-c3ccc(SC(C)C)nc3)cc2)CC1. The van der Waals surface area contributed by atoms with Crippen molar-refractivity contribution in [2.24, 2.45) is 4.99 Å². The molecule has 0 spiro atoms. The van der Waals surface area contributed by atoms with Crippen LogP contribution in [0.2, 0.25) is 0 Å². The van der Waals surface area contributed by atoms with E-state index in [1.54, 1.807) is 17.8 Å². The molecule has 0 saturated heterocycles. The van der Waals surface area contributed by atoms with Gasteiger partial charge in [0.05, 0.1) is 11.1 Å². The second kappa shape index (κ2) is 9.13. The molecule has 0 radical (unpaired) electrons. The van der Waals surface area contributed by atoms with Crippen molar-refractivity contribution in [3.8, 4) is 11.1 Å². The molecule has 0 amide bonds. The van der Waals surface area contributed by atoms with Gasteiger partial charge in [-0.2, -0.15) is 0 Å². The maximum atomic E-state index is 14.5. The highest BCUT2D eigenvalue weighted by Crippen LogP contribution is 2.34. The van der Waals surface area contributed by atoms with Crippen molar-refractivity contribution < 1.29 is 4.39 Å². The number of nitrogens with zero attached hydrogens (tertiary/aromatic N) is 2. The topological polar surface area (TPSA) is 25.2 Å². The number of aliphatic imine (C=N–C) groups is 1. The van der Waals surface area contributed by atoms with Crippen molar-refractivity contribution in [2.45, 2.75) is 56.4 Å². The number of aromatic nitrogens is 1. The van der Waals surface area contributed by atoms with Gasteiger partial charge in [-0.05, 0) is 48.1 Å². The van der Waals surface area contributed by atoms with Gasteiger partial charge in [-0.25, -0.2) is 9.37 Å². The van der Waals surface area contributed by atoms with E-state index in [0.29, 0.717) is 10.8 Å². The number of hydrogen-bond donors (Lipinski definition) is 0. The van der Waals surface area contributed by atoms with Gasteiger partial charge in [-0.1, -0.05) is 63.2 Å². The zero-order chi connectivity index (χ0) is 21.1. The average molecular weight is 419 g/mol. The Morgan fingerprint density at radius 2 is 1.80 bits per heavy atom. The molecule has 2 aromatic carbocycles. The van der Waals surface area contributed by atoms with Crippen LogP contribution in [-0.4, -0.2) is 15.9 Å². The lowest BCUT2D eigenvalue weighted by molar-refractivity contribution is 0.622. The van der Waals surface area contributed by atoms with E-state index in [9.17, 15) is 4.39 Å². The standard InChI is InChI=1S/C26H27FN2S/c1-4-18-6-5-7-22(27)26(18)24-14-13-23(29-24)20-10-8-19(9-11-20)21-12-15-25(28-16-21)30-17(2)3/h5-12,15-17,23H,4,13-14H2,1-3H3. The molecule has 1 aliphatic heterocycles. The normalized spacial score (nSPS) is 16.2. The van der Waals surface area contributed by atoms with Crippen LogP contribution in [0.4, 0.5) is 4.39 Å². The summed E-state index contributed by atoms with van der Waals surface area (Å²) in [6.45, 7) is 6.41. The highest BCUT2D eigenvalue weighted by atomic mass is 32.2. The Balaban J connectivity index is 1.53. The van der Waals surface area contributed by atoms with Crippen LogP contribution in [0.15, 0.2) is 70.8 Å². The average Bonchev–Trinajstić information content (AvgIpc) is 3.23. The number of halogens is 1. The van der Waals surface area contributed by atoms with Crippen LogP contribution in [-0.2, 0) is 6.42 Å². The third kappa shape index (κ3) is 4.49. The fourth-order valence-corrected chi connectivity index (χ4v) is 4.71. The minimum absolute atomic E-state index is 0.0984. The Kier molecular flexibility index (Phi) is 6.33. The molecule has 0 N–H and O–H groups in total. The zero-order valence-electron chi connectivity index (χ0n) is 17.7. The highest BCUT2D eigenvalue weighted by Gasteiger charge is 2.23. The molecular formula is C26H27FN2S. The molecule has 30 heavy (non-hydrogen) atoms. The fraction of sp³-hybridized carbons (Fsp3) is 0.308. The Bertz CT molecular complexity index is 1040. The number of benzene rings is 2. The lowest BCUT2D eigenvalue weighted by Crippen LogP contribution is -2.05. The number of rotatable bonds is 6. The molecule has 1 atom stereocenters. The van der Waals surface area contributed by atoms with Gasteiger partial charge in [0.2, 0.25) is 0 Å². The van der Waals surface area contributed by atoms with Gasteiger partial charge in [0, 0.05) is 28.3 Å². The molecule has 1 aliphatic rings. The summed E-state index contributed by atoms with van der Waals surface area (Å²) in [7, 11) is 0. The summed E-state index contributed by atoms with van der Waals surface area (Å²) in [6.07, 6.45) is 4.50. The van der Waals surface area contributed by atoms with Crippen LogP contribution in [0.25, 0.3) is 11.1 Å². The van der Waals surface area contributed by atoms with E-state index in [2.05, 4.69) is 62.2 Å². The Morgan fingerprint density at radius 1 is 1.03 bits per heavy atom. The fourth-order valence-electron chi connectivity index (χ4n) is 3.97. The molecule has 4 heteroatoms. The van der Waals surface area contributed by atoms with Gasteiger partial charge in [0.25, 0.3) is 0 Å². The summed E-state index contributed by atoms with van der Waals surface area (Å²) >= 11 is 1.77. The second-order valence-corrected chi connectivity index (χ2v) is 9.53. The van der Waals surface area contributed by atoms with E-state index in [1.807, 2.05) is 12.3 Å². The Morgan fingerprint density at radius 3 is 2.47 bits per heavy atom. The van der Waals surface area contributed by atoms with Gasteiger partial charge in [0.15, 0.2) is 0 Å². The first-order chi connectivity index (χ1) is 14.5. The van der Waals surface area contributed by atoms with E-state index in [0.717, 1.165) is 46.7 Å². The summed E-state index contributed by atoms with van der Waals surface area (Å²) in [4.78, 5) is 9.47. The summed E-state index contributed by atoms with van der Waals surface area (Å²) < 4.78 is 14.5. The first-order valence-corrected chi connectivity index (χ1v) is 11.5. The molecule has 0 saturated carbocycles. The van der Waals surface area contributed by atoms with Crippen molar-refractivity contribution in [1.29, 1.82) is 0 Å². The van der Waals surface area contributed by atoms with Crippen LogP contribution >= 0.6 is 11.8 Å². The molecule has 2 nitrogen and oxygen atoms in total. The van der Waals surface area contributed by atoms with Crippen LogP contribution in [0.5, 0.6) is 0 Å². The quantitative estimate of drug-likeness (QED) is 0.393. The Hall–Kier alpha value is -2.46. The molecular weight excluding hydrogens is 391 g/mol. The van der Waals surface area contributed by atoms with E-state index in [-0.39, 0.29) is 11.9 Å². The second-order valence-electron chi connectivity index (χ2n) is 7.93. The van der Waals surface area contributed by atoms with Crippen molar-refractivity contribution in [3.05, 3.63) is 83.3 Å². The van der Waals surface area contributed by atoms with Crippen LogP contribution in [0.1, 0.15) is 56.3 Å². The van der Waals surface area contributed by atoms with E-state index < -0.39 is 0 Å². The van der Waals surface area contributed by atoms with E-state index >= 15 is 0 Å². The van der Waals surface area contributed by atoms with E-state index in [1.165, 1.54) is 11.6 Å². The van der Waals surface area contributed by atoms with E-state index in [4.69, 9.17) is 4.99 Å².